The maximum Gasteiger partial charge on any atom is -0.00699 e. The van der Waals surface area contributed by atoms with Gasteiger partial charge < -0.3 is 0 Å². The molecule has 0 saturated carbocycles. The van der Waals surface area contributed by atoms with E-state index in [0.717, 1.165) is 12.8 Å². The van der Waals surface area contributed by atoms with Gasteiger partial charge in [-0.25, -0.2) is 0 Å². The third kappa shape index (κ3) is 4.96. The Hall–Kier alpha value is -3.12. The van der Waals surface area contributed by atoms with Gasteiger partial charge in [-0.3, -0.25) is 0 Å². The van der Waals surface area contributed by atoms with E-state index in [4.69, 9.17) is 0 Å². The lowest BCUT2D eigenvalue weighted by atomic mass is 9.85. The van der Waals surface area contributed by atoms with E-state index in [1.54, 1.807) is 0 Å². The fourth-order valence-electron chi connectivity index (χ4n) is 4.73. The highest BCUT2D eigenvalue weighted by molar-refractivity contribution is 5.90. The molecule has 0 aliphatic rings. The quantitative estimate of drug-likeness (QED) is 0.273. The summed E-state index contributed by atoms with van der Waals surface area (Å²) in [5, 5.41) is 0. The fraction of sp³-hybridized carbons (Fsp3) is 0.273. The van der Waals surface area contributed by atoms with Gasteiger partial charge in [0.15, 0.2) is 0 Å². The van der Waals surface area contributed by atoms with Gasteiger partial charge in [0.05, 0.1) is 0 Å². The van der Waals surface area contributed by atoms with Crippen molar-refractivity contribution in [2.24, 2.45) is 0 Å². The minimum Gasteiger partial charge on any atom is -0.0651 e. The van der Waals surface area contributed by atoms with Crippen LogP contribution in [0.1, 0.15) is 62.3 Å². The molecule has 4 rings (SSSR count). The Kier molecular flexibility index (Phi) is 7.14. The molecule has 0 spiro atoms. The van der Waals surface area contributed by atoms with Gasteiger partial charge in [-0.05, 0) is 81.3 Å². The van der Waals surface area contributed by atoms with Gasteiger partial charge in [-0.1, -0.05) is 119 Å². The average molecular weight is 433 g/mol. The first-order chi connectivity index (χ1) is 16.0. The highest BCUT2D eigenvalue weighted by Gasteiger charge is 2.15. The van der Waals surface area contributed by atoms with Crippen LogP contribution < -0.4 is 0 Å². The van der Waals surface area contributed by atoms with Crippen molar-refractivity contribution in [3.05, 3.63) is 107 Å². The van der Waals surface area contributed by atoms with E-state index in [1.807, 2.05) is 0 Å². The monoisotopic (exact) mass is 432 g/mol. The molecule has 0 radical (unpaired) electrons. The summed E-state index contributed by atoms with van der Waals surface area (Å²) in [6.45, 7) is 11.2. The molecule has 33 heavy (non-hydrogen) atoms. The minimum absolute atomic E-state index is 0.547. The van der Waals surface area contributed by atoms with E-state index in [-0.39, 0.29) is 0 Å². The van der Waals surface area contributed by atoms with Gasteiger partial charge >= 0.3 is 0 Å². The number of hydrogen-bond donors (Lipinski definition) is 0. The highest BCUT2D eigenvalue weighted by atomic mass is 14.2. The number of hydrogen-bond acceptors (Lipinski definition) is 0. The highest BCUT2D eigenvalue weighted by Crippen LogP contribution is 2.40. The Labute approximate surface area is 200 Å². The van der Waals surface area contributed by atoms with Crippen molar-refractivity contribution in [3.8, 4) is 33.4 Å². The standard InChI is InChI=1S/C33H36/c1-6-8-26-11-15-30(16-12-26)33-24(5)31(28-19-17-27(18-20-28)23(3)4)21-22-32(33)29-13-9-25(7-2)10-14-29/h9-23H,6-8H2,1-5H3. The van der Waals surface area contributed by atoms with Crippen molar-refractivity contribution in [2.75, 3.05) is 0 Å². The van der Waals surface area contributed by atoms with Crippen LogP contribution in [0.25, 0.3) is 33.4 Å². The van der Waals surface area contributed by atoms with Crippen molar-refractivity contribution in [2.45, 2.75) is 59.8 Å². The van der Waals surface area contributed by atoms with Crippen LogP contribution in [0.3, 0.4) is 0 Å². The summed E-state index contributed by atoms with van der Waals surface area (Å²) in [5.74, 6) is 0.547. The maximum absolute atomic E-state index is 2.31. The molecule has 4 aromatic rings. The molecule has 0 N–H and O–H groups in total. The number of rotatable bonds is 7. The first-order valence-electron chi connectivity index (χ1n) is 12.4. The summed E-state index contributed by atoms with van der Waals surface area (Å²) in [4.78, 5) is 0. The lowest BCUT2D eigenvalue weighted by Crippen LogP contribution is -1.95. The van der Waals surface area contributed by atoms with Crippen molar-refractivity contribution < 1.29 is 0 Å². The normalized spacial score (nSPS) is 11.2. The van der Waals surface area contributed by atoms with Gasteiger partial charge in [-0.2, -0.15) is 0 Å². The Morgan fingerprint density at radius 3 is 1.67 bits per heavy atom. The second-order valence-electron chi connectivity index (χ2n) is 9.43. The van der Waals surface area contributed by atoms with Crippen molar-refractivity contribution >= 4 is 0 Å². The summed E-state index contributed by atoms with van der Waals surface area (Å²) < 4.78 is 0. The van der Waals surface area contributed by atoms with Crippen LogP contribution >= 0.6 is 0 Å². The second-order valence-corrected chi connectivity index (χ2v) is 9.43. The first-order valence-corrected chi connectivity index (χ1v) is 12.4. The molecule has 168 valence electrons. The smallest absolute Gasteiger partial charge is 0.00699 e. The van der Waals surface area contributed by atoms with Gasteiger partial charge in [0.25, 0.3) is 0 Å². The minimum atomic E-state index is 0.547. The molecule has 0 aromatic heterocycles. The Morgan fingerprint density at radius 1 is 0.576 bits per heavy atom. The summed E-state index contributed by atoms with van der Waals surface area (Å²) in [6.07, 6.45) is 3.37. The predicted molar refractivity (Wildman–Crippen MR) is 145 cm³/mol. The Morgan fingerprint density at radius 2 is 1.09 bits per heavy atom. The molecule has 0 heterocycles. The van der Waals surface area contributed by atoms with Crippen molar-refractivity contribution in [3.63, 3.8) is 0 Å². The summed E-state index contributed by atoms with van der Waals surface area (Å²) in [5.41, 5.74) is 13.3. The van der Waals surface area contributed by atoms with Crippen molar-refractivity contribution in [1.29, 1.82) is 0 Å². The molecular formula is C33H36. The van der Waals surface area contributed by atoms with E-state index >= 15 is 0 Å². The Bertz CT molecular complexity index is 1190. The molecule has 0 nitrogen and oxygen atoms in total. The van der Waals surface area contributed by atoms with Gasteiger partial charge in [0, 0.05) is 0 Å². The molecule has 0 heteroatoms. The molecule has 0 saturated heterocycles. The topological polar surface area (TPSA) is 0 Å². The summed E-state index contributed by atoms with van der Waals surface area (Å²) >= 11 is 0. The SMILES string of the molecule is CCCc1ccc(-c2c(-c3ccc(CC)cc3)ccc(-c3ccc(C(C)C)cc3)c2C)cc1. The third-order valence-corrected chi connectivity index (χ3v) is 6.81. The van der Waals surface area contributed by atoms with Crippen LogP contribution in [0.15, 0.2) is 84.9 Å². The van der Waals surface area contributed by atoms with Gasteiger partial charge in [0.1, 0.15) is 0 Å². The van der Waals surface area contributed by atoms with E-state index in [2.05, 4.69) is 120 Å². The molecule has 0 bridgehead atoms. The van der Waals surface area contributed by atoms with Gasteiger partial charge in [0.2, 0.25) is 0 Å². The van der Waals surface area contributed by atoms with E-state index in [0.29, 0.717) is 5.92 Å². The molecule has 0 amide bonds. The summed E-state index contributed by atoms with van der Waals surface area (Å²) in [6, 6.07) is 32.0. The lowest BCUT2D eigenvalue weighted by molar-refractivity contribution is 0.867. The molecule has 0 atom stereocenters. The average Bonchev–Trinajstić information content (AvgIpc) is 2.85. The molecule has 0 aliphatic heterocycles. The van der Waals surface area contributed by atoms with Crippen LogP contribution in [0, 0.1) is 6.92 Å². The molecule has 0 fully saturated rings. The number of benzene rings is 4. The third-order valence-electron chi connectivity index (χ3n) is 6.81. The number of aryl methyl sites for hydroxylation is 2. The Balaban J connectivity index is 1.87. The second kappa shape index (κ2) is 10.2. The largest absolute Gasteiger partial charge is 0.0651 e. The molecule has 0 aliphatic carbocycles. The predicted octanol–water partition coefficient (Wildman–Crippen LogP) is 9.63. The zero-order chi connectivity index (χ0) is 23.4. The van der Waals surface area contributed by atoms with Crippen LogP contribution in [0.4, 0.5) is 0 Å². The van der Waals surface area contributed by atoms with Crippen LogP contribution in [-0.2, 0) is 12.8 Å². The van der Waals surface area contributed by atoms with E-state index < -0.39 is 0 Å². The lowest BCUT2D eigenvalue weighted by Gasteiger charge is -2.18. The zero-order valence-corrected chi connectivity index (χ0v) is 20.8. The summed E-state index contributed by atoms with van der Waals surface area (Å²) in [7, 11) is 0. The van der Waals surface area contributed by atoms with Crippen LogP contribution in [0.2, 0.25) is 0 Å². The van der Waals surface area contributed by atoms with E-state index in [9.17, 15) is 0 Å². The molecule has 0 unspecified atom stereocenters. The first kappa shape index (κ1) is 23.1. The van der Waals surface area contributed by atoms with Crippen molar-refractivity contribution in [1.82, 2.24) is 0 Å². The van der Waals surface area contributed by atoms with Crippen LogP contribution in [0.5, 0.6) is 0 Å². The maximum atomic E-state index is 2.31. The molecular weight excluding hydrogens is 396 g/mol. The van der Waals surface area contributed by atoms with Crippen LogP contribution in [-0.4, -0.2) is 0 Å². The molecule has 4 aromatic carbocycles. The van der Waals surface area contributed by atoms with Gasteiger partial charge in [-0.15, -0.1) is 0 Å². The fourth-order valence-corrected chi connectivity index (χ4v) is 4.73. The zero-order valence-electron chi connectivity index (χ0n) is 20.8. The van der Waals surface area contributed by atoms with E-state index in [1.165, 1.54) is 62.1 Å².